The van der Waals surface area contributed by atoms with Gasteiger partial charge in [0.25, 0.3) is 0 Å². The molecule has 0 aliphatic rings. The first kappa shape index (κ1) is 14.9. The van der Waals surface area contributed by atoms with E-state index in [1.807, 2.05) is 58.0 Å². The Kier molecular flexibility index (Phi) is 5.51. The van der Waals surface area contributed by atoms with Gasteiger partial charge < -0.3 is 9.47 Å². The normalized spacial score (nSPS) is 11.8. The van der Waals surface area contributed by atoms with Crippen LogP contribution in [0.1, 0.15) is 33.3 Å². The summed E-state index contributed by atoms with van der Waals surface area (Å²) in [6, 6.07) is 9.70. The van der Waals surface area contributed by atoms with Crippen molar-refractivity contribution in [2.24, 2.45) is 0 Å². The molecule has 0 bridgehead atoms. The van der Waals surface area contributed by atoms with Gasteiger partial charge >= 0.3 is 0 Å². The maximum Gasteiger partial charge on any atom is 0.218 e. The molecule has 0 unspecified atom stereocenters. The summed E-state index contributed by atoms with van der Waals surface area (Å²) in [4.78, 5) is 12.5. The van der Waals surface area contributed by atoms with Gasteiger partial charge in [-0.05, 0) is 33.3 Å². The Bertz CT molecular complexity index is 365. The summed E-state index contributed by atoms with van der Waals surface area (Å²) in [7, 11) is 0. The predicted molar refractivity (Wildman–Crippen MR) is 71.5 cm³/mol. The fraction of sp³-hybridized carbons (Fsp3) is 0.533. The van der Waals surface area contributed by atoms with Crippen molar-refractivity contribution >= 4 is 5.78 Å². The molecule has 0 heterocycles. The van der Waals surface area contributed by atoms with Gasteiger partial charge in [0.1, 0.15) is 0 Å². The molecule has 0 saturated heterocycles. The Morgan fingerprint density at radius 3 is 2.06 bits per heavy atom. The van der Waals surface area contributed by atoms with Gasteiger partial charge in [-0.25, -0.2) is 0 Å². The molecule has 1 rings (SSSR count). The number of hydrogen-bond acceptors (Lipinski definition) is 3. The average Bonchev–Trinajstić information content (AvgIpc) is 2.38. The zero-order valence-electron chi connectivity index (χ0n) is 11.6. The van der Waals surface area contributed by atoms with Crippen LogP contribution < -0.4 is 0 Å². The highest BCUT2D eigenvalue weighted by molar-refractivity contribution is 5.92. The van der Waals surface area contributed by atoms with E-state index in [1.165, 1.54) is 0 Å². The predicted octanol–water partition coefficient (Wildman–Crippen LogP) is 2.93. The largest absolute Gasteiger partial charge is 0.346 e. The molecule has 0 fully saturated rings. The van der Waals surface area contributed by atoms with Gasteiger partial charge in [-0.3, -0.25) is 4.79 Å². The van der Waals surface area contributed by atoms with Crippen LogP contribution in [0.3, 0.4) is 0 Å². The first-order valence-electron chi connectivity index (χ1n) is 6.37. The molecule has 3 heteroatoms. The quantitative estimate of drug-likeness (QED) is 0.698. The van der Waals surface area contributed by atoms with Gasteiger partial charge in [-0.15, -0.1) is 0 Å². The molecule has 3 nitrogen and oxygen atoms in total. The van der Waals surface area contributed by atoms with Gasteiger partial charge in [0, 0.05) is 13.2 Å². The summed E-state index contributed by atoms with van der Waals surface area (Å²) in [6.07, 6.45) is -0.782. The van der Waals surface area contributed by atoms with Crippen LogP contribution in [0.4, 0.5) is 0 Å². The van der Waals surface area contributed by atoms with E-state index in [2.05, 4.69) is 0 Å². The minimum Gasteiger partial charge on any atom is -0.346 e. The van der Waals surface area contributed by atoms with Crippen LogP contribution in [-0.2, 0) is 19.7 Å². The first-order valence-corrected chi connectivity index (χ1v) is 6.37. The fourth-order valence-corrected chi connectivity index (χ4v) is 1.79. The van der Waals surface area contributed by atoms with Crippen molar-refractivity contribution in [3.8, 4) is 0 Å². The Balaban J connectivity index is 2.92. The van der Waals surface area contributed by atoms with E-state index in [-0.39, 0.29) is 5.78 Å². The lowest BCUT2D eigenvalue weighted by Crippen LogP contribution is -2.41. The minimum absolute atomic E-state index is 0.0441. The molecule has 0 amide bonds. The van der Waals surface area contributed by atoms with Crippen molar-refractivity contribution in [1.29, 1.82) is 0 Å². The van der Waals surface area contributed by atoms with E-state index in [0.29, 0.717) is 13.2 Å². The second-order valence-corrected chi connectivity index (χ2v) is 4.60. The van der Waals surface area contributed by atoms with Crippen LogP contribution >= 0.6 is 0 Å². The van der Waals surface area contributed by atoms with E-state index < -0.39 is 11.7 Å². The number of ketones is 1. The molecule has 1 aromatic carbocycles. The fourth-order valence-electron chi connectivity index (χ4n) is 1.79. The van der Waals surface area contributed by atoms with E-state index in [9.17, 15) is 4.79 Å². The van der Waals surface area contributed by atoms with Crippen LogP contribution in [-0.4, -0.2) is 25.3 Å². The molecule has 1 aromatic rings. The molecule has 0 atom stereocenters. The maximum absolute atomic E-state index is 12.5. The zero-order chi connectivity index (χ0) is 13.6. The highest BCUT2D eigenvalue weighted by Crippen LogP contribution is 2.26. The standard InChI is InChI=1S/C15H22O3/c1-5-17-14(18-6-2)13(16)15(3,4)12-10-8-7-9-11-12/h7-11,14H,5-6H2,1-4H3. The van der Waals surface area contributed by atoms with Crippen LogP contribution in [0.15, 0.2) is 30.3 Å². The Labute approximate surface area is 109 Å². The summed E-state index contributed by atoms with van der Waals surface area (Å²) >= 11 is 0. The van der Waals surface area contributed by atoms with Gasteiger partial charge in [0.2, 0.25) is 6.29 Å². The minimum atomic E-state index is -0.782. The average molecular weight is 250 g/mol. The van der Waals surface area contributed by atoms with Gasteiger partial charge in [-0.1, -0.05) is 30.3 Å². The third-order valence-electron chi connectivity index (χ3n) is 2.96. The van der Waals surface area contributed by atoms with Crippen LogP contribution in [0, 0.1) is 0 Å². The monoisotopic (exact) mass is 250 g/mol. The van der Waals surface area contributed by atoms with E-state index in [1.54, 1.807) is 0 Å². The Morgan fingerprint density at radius 1 is 1.11 bits per heavy atom. The SMILES string of the molecule is CCOC(OCC)C(=O)C(C)(C)c1ccccc1. The number of rotatable bonds is 7. The Morgan fingerprint density at radius 2 is 1.61 bits per heavy atom. The van der Waals surface area contributed by atoms with Crippen LogP contribution in [0.25, 0.3) is 0 Å². The highest BCUT2D eigenvalue weighted by Gasteiger charge is 2.36. The number of carbonyl (C=O) groups is 1. The molecule has 18 heavy (non-hydrogen) atoms. The number of Topliss-reactive ketones (excluding diaryl/α,β-unsaturated/α-hetero) is 1. The number of benzene rings is 1. The van der Waals surface area contributed by atoms with Crippen molar-refractivity contribution < 1.29 is 14.3 Å². The Hall–Kier alpha value is -1.19. The highest BCUT2D eigenvalue weighted by atomic mass is 16.7. The van der Waals surface area contributed by atoms with E-state index in [0.717, 1.165) is 5.56 Å². The van der Waals surface area contributed by atoms with Crippen molar-refractivity contribution in [3.05, 3.63) is 35.9 Å². The lowest BCUT2D eigenvalue weighted by molar-refractivity contribution is -0.172. The van der Waals surface area contributed by atoms with Crippen molar-refractivity contribution in [3.63, 3.8) is 0 Å². The molecule has 100 valence electrons. The van der Waals surface area contributed by atoms with Crippen molar-refractivity contribution in [1.82, 2.24) is 0 Å². The molecule has 0 aromatic heterocycles. The molecule has 0 N–H and O–H groups in total. The van der Waals surface area contributed by atoms with E-state index >= 15 is 0 Å². The molecule has 0 saturated carbocycles. The zero-order valence-corrected chi connectivity index (χ0v) is 11.6. The number of hydrogen-bond donors (Lipinski definition) is 0. The lowest BCUT2D eigenvalue weighted by Gasteiger charge is -2.28. The maximum atomic E-state index is 12.5. The third-order valence-corrected chi connectivity index (χ3v) is 2.96. The summed E-state index contributed by atoms with van der Waals surface area (Å²) in [5.74, 6) is -0.0441. The van der Waals surface area contributed by atoms with Crippen molar-refractivity contribution in [2.75, 3.05) is 13.2 Å². The summed E-state index contributed by atoms with van der Waals surface area (Å²) < 4.78 is 10.8. The number of ether oxygens (including phenoxy) is 2. The molecular weight excluding hydrogens is 228 g/mol. The summed E-state index contributed by atoms with van der Waals surface area (Å²) in [5.41, 5.74) is 0.357. The number of carbonyl (C=O) groups excluding carboxylic acids is 1. The van der Waals surface area contributed by atoms with Gasteiger partial charge in [0.05, 0.1) is 5.41 Å². The van der Waals surface area contributed by atoms with Crippen LogP contribution in [0.5, 0.6) is 0 Å². The molecular formula is C15H22O3. The lowest BCUT2D eigenvalue weighted by atomic mass is 9.80. The molecule has 0 spiro atoms. The van der Waals surface area contributed by atoms with Crippen LogP contribution in [0.2, 0.25) is 0 Å². The molecule has 0 aliphatic heterocycles. The van der Waals surface area contributed by atoms with Gasteiger partial charge in [-0.2, -0.15) is 0 Å². The summed E-state index contributed by atoms with van der Waals surface area (Å²) in [6.45, 7) is 8.43. The third kappa shape index (κ3) is 3.40. The second-order valence-electron chi connectivity index (χ2n) is 4.60. The summed E-state index contributed by atoms with van der Waals surface area (Å²) in [5, 5.41) is 0. The first-order chi connectivity index (χ1) is 8.54. The molecule has 0 aliphatic carbocycles. The second kappa shape index (κ2) is 6.66. The van der Waals surface area contributed by atoms with Crippen molar-refractivity contribution in [2.45, 2.75) is 39.4 Å². The smallest absolute Gasteiger partial charge is 0.218 e. The topological polar surface area (TPSA) is 35.5 Å². The molecule has 0 radical (unpaired) electrons. The van der Waals surface area contributed by atoms with E-state index in [4.69, 9.17) is 9.47 Å². The van der Waals surface area contributed by atoms with Gasteiger partial charge in [0.15, 0.2) is 5.78 Å².